The molecule has 1 fully saturated rings. The SMILES string of the molecule is COc1ccc(NCC2CCCO2)cc1C. The standard InChI is InChI=1S/C13H19NO2/c1-10-8-11(5-6-13(10)15-2)14-9-12-4-3-7-16-12/h5-6,8,12,14H,3-4,7,9H2,1-2H3. The molecular formula is C13H19NO2. The summed E-state index contributed by atoms with van der Waals surface area (Å²) in [5.74, 6) is 0.933. The molecule has 1 aromatic carbocycles. The molecule has 1 unspecified atom stereocenters. The Morgan fingerprint density at radius 3 is 3.00 bits per heavy atom. The van der Waals surface area contributed by atoms with Crippen LogP contribution in [0.1, 0.15) is 18.4 Å². The summed E-state index contributed by atoms with van der Waals surface area (Å²) in [5.41, 5.74) is 2.29. The van der Waals surface area contributed by atoms with Gasteiger partial charge < -0.3 is 14.8 Å². The zero-order valence-electron chi connectivity index (χ0n) is 9.95. The number of nitrogens with one attached hydrogen (secondary N) is 1. The number of anilines is 1. The summed E-state index contributed by atoms with van der Waals surface area (Å²) in [5, 5.41) is 3.40. The molecule has 88 valence electrons. The van der Waals surface area contributed by atoms with Crippen molar-refractivity contribution in [2.24, 2.45) is 0 Å². The molecule has 0 saturated carbocycles. The molecule has 0 aromatic heterocycles. The van der Waals surface area contributed by atoms with Crippen LogP contribution < -0.4 is 10.1 Å². The van der Waals surface area contributed by atoms with Crippen molar-refractivity contribution in [2.45, 2.75) is 25.9 Å². The minimum Gasteiger partial charge on any atom is -0.496 e. The van der Waals surface area contributed by atoms with Gasteiger partial charge in [0.05, 0.1) is 13.2 Å². The van der Waals surface area contributed by atoms with Crippen LogP contribution in [0.4, 0.5) is 5.69 Å². The number of hydrogen-bond acceptors (Lipinski definition) is 3. The molecule has 1 aromatic rings. The molecular weight excluding hydrogens is 202 g/mol. The predicted molar refractivity (Wildman–Crippen MR) is 65.2 cm³/mol. The van der Waals surface area contributed by atoms with Crippen LogP contribution in [0.15, 0.2) is 18.2 Å². The lowest BCUT2D eigenvalue weighted by molar-refractivity contribution is 0.120. The van der Waals surface area contributed by atoms with Crippen molar-refractivity contribution in [3.05, 3.63) is 23.8 Å². The van der Waals surface area contributed by atoms with Crippen molar-refractivity contribution in [3.63, 3.8) is 0 Å². The van der Waals surface area contributed by atoms with Gasteiger partial charge in [0.15, 0.2) is 0 Å². The van der Waals surface area contributed by atoms with Gasteiger partial charge in [-0.15, -0.1) is 0 Å². The molecule has 3 heteroatoms. The second-order valence-corrected chi connectivity index (χ2v) is 4.20. The second-order valence-electron chi connectivity index (χ2n) is 4.20. The maximum atomic E-state index is 5.56. The van der Waals surface area contributed by atoms with Crippen LogP contribution in [0.2, 0.25) is 0 Å². The fraction of sp³-hybridized carbons (Fsp3) is 0.538. The molecule has 2 rings (SSSR count). The molecule has 1 saturated heterocycles. The van der Waals surface area contributed by atoms with Gasteiger partial charge in [-0.05, 0) is 43.5 Å². The van der Waals surface area contributed by atoms with Crippen LogP contribution in [-0.2, 0) is 4.74 Å². The van der Waals surface area contributed by atoms with E-state index in [1.54, 1.807) is 7.11 Å². The molecule has 1 N–H and O–H groups in total. The average Bonchev–Trinajstić information content (AvgIpc) is 2.79. The Morgan fingerprint density at radius 2 is 2.38 bits per heavy atom. The van der Waals surface area contributed by atoms with E-state index >= 15 is 0 Å². The highest BCUT2D eigenvalue weighted by Crippen LogP contribution is 2.22. The van der Waals surface area contributed by atoms with E-state index < -0.39 is 0 Å². The first kappa shape index (κ1) is 11.3. The zero-order valence-corrected chi connectivity index (χ0v) is 9.95. The van der Waals surface area contributed by atoms with Gasteiger partial charge in [-0.2, -0.15) is 0 Å². The van der Waals surface area contributed by atoms with Gasteiger partial charge >= 0.3 is 0 Å². The monoisotopic (exact) mass is 221 g/mol. The molecule has 1 heterocycles. The third kappa shape index (κ3) is 2.67. The third-order valence-electron chi connectivity index (χ3n) is 2.95. The zero-order chi connectivity index (χ0) is 11.4. The van der Waals surface area contributed by atoms with Gasteiger partial charge in [-0.25, -0.2) is 0 Å². The van der Waals surface area contributed by atoms with Crippen LogP contribution in [-0.4, -0.2) is 26.4 Å². The van der Waals surface area contributed by atoms with Crippen molar-refractivity contribution < 1.29 is 9.47 Å². The number of rotatable bonds is 4. The van der Waals surface area contributed by atoms with Gasteiger partial charge in [0.1, 0.15) is 5.75 Å². The number of hydrogen-bond donors (Lipinski definition) is 1. The van der Waals surface area contributed by atoms with E-state index in [-0.39, 0.29) is 0 Å². The van der Waals surface area contributed by atoms with E-state index in [4.69, 9.17) is 9.47 Å². The first-order chi connectivity index (χ1) is 7.79. The highest BCUT2D eigenvalue weighted by molar-refractivity contribution is 5.50. The number of benzene rings is 1. The van der Waals surface area contributed by atoms with E-state index in [1.807, 2.05) is 12.1 Å². The Kier molecular flexibility index (Phi) is 3.67. The van der Waals surface area contributed by atoms with E-state index in [1.165, 1.54) is 12.8 Å². The lowest BCUT2D eigenvalue weighted by atomic mass is 10.2. The molecule has 1 aliphatic heterocycles. The first-order valence-corrected chi connectivity index (χ1v) is 5.79. The summed E-state index contributed by atoms with van der Waals surface area (Å²) in [6.45, 7) is 3.86. The van der Waals surface area contributed by atoms with Crippen LogP contribution in [0.5, 0.6) is 5.75 Å². The van der Waals surface area contributed by atoms with E-state index in [0.717, 1.165) is 30.2 Å². The third-order valence-corrected chi connectivity index (χ3v) is 2.95. The summed E-state index contributed by atoms with van der Waals surface area (Å²) < 4.78 is 10.8. The Labute approximate surface area is 96.8 Å². The molecule has 0 aliphatic carbocycles. The molecule has 0 spiro atoms. The van der Waals surface area contributed by atoms with Crippen LogP contribution in [0.25, 0.3) is 0 Å². The number of ether oxygens (including phenoxy) is 2. The summed E-state index contributed by atoms with van der Waals surface area (Å²) in [7, 11) is 1.70. The smallest absolute Gasteiger partial charge is 0.121 e. The molecule has 1 aliphatic rings. The quantitative estimate of drug-likeness (QED) is 0.847. The van der Waals surface area contributed by atoms with Gasteiger partial charge in [-0.1, -0.05) is 0 Å². The lowest BCUT2D eigenvalue weighted by Crippen LogP contribution is -2.18. The minimum atomic E-state index is 0.377. The van der Waals surface area contributed by atoms with E-state index in [0.29, 0.717) is 6.10 Å². The largest absolute Gasteiger partial charge is 0.496 e. The van der Waals surface area contributed by atoms with E-state index in [2.05, 4.69) is 18.3 Å². The van der Waals surface area contributed by atoms with Crippen molar-refractivity contribution in [3.8, 4) is 5.75 Å². The molecule has 0 amide bonds. The second kappa shape index (κ2) is 5.21. The molecule has 0 radical (unpaired) electrons. The fourth-order valence-electron chi connectivity index (χ4n) is 2.03. The van der Waals surface area contributed by atoms with Gasteiger partial charge in [0.25, 0.3) is 0 Å². The normalized spacial score (nSPS) is 19.8. The molecule has 16 heavy (non-hydrogen) atoms. The van der Waals surface area contributed by atoms with Crippen molar-refractivity contribution in [2.75, 3.05) is 25.6 Å². The number of aryl methyl sites for hydroxylation is 1. The van der Waals surface area contributed by atoms with Crippen molar-refractivity contribution >= 4 is 5.69 Å². The van der Waals surface area contributed by atoms with Crippen LogP contribution in [0.3, 0.4) is 0 Å². The van der Waals surface area contributed by atoms with Crippen molar-refractivity contribution in [1.29, 1.82) is 0 Å². The highest BCUT2D eigenvalue weighted by atomic mass is 16.5. The maximum Gasteiger partial charge on any atom is 0.121 e. The van der Waals surface area contributed by atoms with Gasteiger partial charge in [0, 0.05) is 18.8 Å². The first-order valence-electron chi connectivity index (χ1n) is 5.79. The van der Waals surface area contributed by atoms with Crippen LogP contribution in [0, 0.1) is 6.92 Å². The van der Waals surface area contributed by atoms with Gasteiger partial charge in [-0.3, -0.25) is 0 Å². The summed E-state index contributed by atoms with van der Waals surface area (Å²) in [6, 6.07) is 6.14. The minimum absolute atomic E-state index is 0.377. The highest BCUT2D eigenvalue weighted by Gasteiger charge is 2.14. The predicted octanol–water partition coefficient (Wildman–Crippen LogP) is 2.59. The lowest BCUT2D eigenvalue weighted by Gasteiger charge is -2.13. The topological polar surface area (TPSA) is 30.5 Å². The summed E-state index contributed by atoms with van der Waals surface area (Å²) in [4.78, 5) is 0. The van der Waals surface area contributed by atoms with Crippen LogP contribution >= 0.6 is 0 Å². The summed E-state index contributed by atoms with van der Waals surface area (Å²) in [6.07, 6.45) is 2.73. The Balaban J connectivity index is 1.91. The van der Waals surface area contributed by atoms with Gasteiger partial charge in [0.2, 0.25) is 0 Å². The molecule has 1 atom stereocenters. The Bertz CT molecular complexity index is 346. The summed E-state index contributed by atoms with van der Waals surface area (Å²) >= 11 is 0. The number of methoxy groups -OCH3 is 1. The Morgan fingerprint density at radius 1 is 1.50 bits per heavy atom. The fourth-order valence-corrected chi connectivity index (χ4v) is 2.03. The Hall–Kier alpha value is -1.22. The maximum absolute atomic E-state index is 5.56. The average molecular weight is 221 g/mol. The molecule has 3 nitrogen and oxygen atoms in total. The van der Waals surface area contributed by atoms with E-state index in [9.17, 15) is 0 Å². The van der Waals surface area contributed by atoms with Crippen molar-refractivity contribution in [1.82, 2.24) is 0 Å². The molecule has 0 bridgehead atoms.